The van der Waals surface area contributed by atoms with Gasteiger partial charge in [0.25, 0.3) is 11.8 Å². The van der Waals surface area contributed by atoms with Gasteiger partial charge in [-0.25, -0.2) is 0 Å². The number of carbonyl (C=O) groups excluding carboxylic acids is 2. The molecule has 0 aliphatic carbocycles. The molecule has 0 atom stereocenters. The summed E-state index contributed by atoms with van der Waals surface area (Å²) in [6, 6.07) is 5.27. The number of aromatic nitrogens is 2. The maximum Gasteiger partial charge on any atom is 0.289 e. The molecular weight excluding hydrogens is 388 g/mol. The van der Waals surface area contributed by atoms with E-state index in [0.717, 1.165) is 31.5 Å². The van der Waals surface area contributed by atoms with E-state index in [4.69, 9.17) is 4.42 Å². The molecule has 2 aliphatic rings. The second-order valence-corrected chi connectivity index (χ2v) is 7.17. The first-order valence-corrected chi connectivity index (χ1v) is 9.32. The summed E-state index contributed by atoms with van der Waals surface area (Å²) >= 11 is 3.20. The van der Waals surface area contributed by atoms with Gasteiger partial charge < -0.3 is 14.2 Å². The zero-order valence-corrected chi connectivity index (χ0v) is 15.4. The van der Waals surface area contributed by atoms with Crippen LogP contribution in [-0.4, -0.2) is 57.6 Å². The van der Waals surface area contributed by atoms with E-state index in [1.54, 1.807) is 21.9 Å². The molecule has 2 aromatic rings. The Labute approximate surface area is 153 Å². The first-order valence-electron chi connectivity index (χ1n) is 8.52. The van der Waals surface area contributed by atoms with Crippen molar-refractivity contribution < 1.29 is 14.0 Å². The normalized spacial score (nSPS) is 17.5. The van der Waals surface area contributed by atoms with Crippen LogP contribution >= 0.6 is 15.9 Å². The lowest BCUT2D eigenvalue weighted by atomic mass is 10.1. The van der Waals surface area contributed by atoms with E-state index in [0.29, 0.717) is 42.3 Å². The zero-order chi connectivity index (χ0) is 17.4. The molecule has 0 spiro atoms. The predicted molar refractivity (Wildman–Crippen MR) is 93.4 cm³/mol. The van der Waals surface area contributed by atoms with Crippen molar-refractivity contribution in [3.8, 4) is 0 Å². The Kier molecular flexibility index (Phi) is 4.37. The minimum atomic E-state index is -0.143. The molecule has 2 amide bonds. The molecule has 0 saturated carbocycles. The van der Waals surface area contributed by atoms with Gasteiger partial charge >= 0.3 is 0 Å². The van der Waals surface area contributed by atoms with Gasteiger partial charge in [-0.05, 0) is 53.4 Å². The molecule has 0 bridgehead atoms. The highest BCUT2D eigenvalue weighted by molar-refractivity contribution is 9.10. The minimum Gasteiger partial charge on any atom is -0.444 e. The monoisotopic (exact) mass is 406 g/mol. The van der Waals surface area contributed by atoms with E-state index >= 15 is 0 Å². The van der Waals surface area contributed by atoms with Crippen molar-refractivity contribution in [2.45, 2.75) is 25.8 Å². The van der Waals surface area contributed by atoms with E-state index in [-0.39, 0.29) is 11.8 Å². The Morgan fingerprint density at radius 1 is 1.00 bits per heavy atom. The van der Waals surface area contributed by atoms with Crippen molar-refractivity contribution in [2.24, 2.45) is 0 Å². The fraction of sp³-hybridized carbons (Fsp3) is 0.471. The van der Waals surface area contributed by atoms with Crippen LogP contribution in [-0.2, 0) is 13.0 Å². The van der Waals surface area contributed by atoms with Crippen LogP contribution in [0.5, 0.6) is 0 Å². The fourth-order valence-corrected chi connectivity index (χ4v) is 3.69. The molecule has 0 N–H and O–H groups in total. The van der Waals surface area contributed by atoms with Gasteiger partial charge in [0.2, 0.25) is 0 Å². The molecule has 2 aromatic heterocycles. The third-order valence-electron chi connectivity index (χ3n) is 4.77. The number of piperazine rings is 1. The van der Waals surface area contributed by atoms with Gasteiger partial charge in [-0.3, -0.25) is 14.3 Å². The number of amides is 2. The topological polar surface area (TPSA) is 71.6 Å². The number of halogens is 1. The van der Waals surface area contributed by atoms with Crippen LogP contribution in [0, 0.1) is 0 Å². The Hall–Kier alpha value is -2.09. The summed E-state index contributed by atoms with van der Waals surface area (Å²) in [7, 11) is 0. The van der Waals surface area contributed by atoms with Gasteiger partial charge in [0.15, 0.2) is 16.1 Å². The van der Waals surface area contributed by atoms with Crippen molar-refractivity contribution in [2.75, 3.05) is 26.2 Å². The lowest BCUT2D eigenvalue weighted by Crippen LogP contribution is -2.50. The Balaban J connectivity index is 1.39. The molecule has 1 saturated heterocycles. The number of carbonyl (C=O) groups is 2. The zero-order valence-electron chi connectivity index (χ0n) is 13.8. The summed E-state index contributed by atoms with van der Waals surface area (Å²) in [6.45, 7) is 2.90. The van der Waals surface area contributed by atoms with Gasteiger partial charge in [-0.2, -0.15) is 5.10 Å². The number of furan rings is 1. The van der Waals surface area contributed by atoms with Crippen LogP contribution in [0.1, 0.15) is 39.6 Å². The van der Waals surface area contributed by atoms with Gasteiger partial charge in [-0.15, -0.1) is 0 Å². The molecule has 7 nitrogen and oxygen atoms in total. The molecule has 4 rings (SSSR count). The van der Waals surface area contributed by atoms with E-state index in [2.05, 4.69) is 21.0 Å². The number of hydrogen-bond acceptors (Lipinski definition) is 4. The van der Waals surface area contributed by atoms with Crippen molar-refractivity contribution in [3.63, 3.8) is 0 Å². The van der Waals surface area contributed by atoms with Gasteiger partial charge in [0, 0.05) is 38.4 Å². The molecule has 4 heterocycles. The Morgan fingerprint density at radius 3 is 2.36 bits per heavy atom. The molecule has 1 fully saturated rings. The molecular formula is C17H19BrN4O3. The summed E-state index contributed by atoms with van der Waals surface area (Å²) in [5.74, 6) is 0.124. The largest absolute Gasteiger partial charge is 0.444 e. The lowest BCUT2D eigenvalue weighted by Gasteiger charge is -2.33. The van der Waals surface area contributed by atoms with Crippen LogP contribution in [0.25, 0.3) is 0 Å². The third kappa shape index (κ3) is 3.22. The lowest BCUT2D eigenvalue weighted by molar-refractivity contribution is 0.0514. The van der Waals surface area contributed by atoms with E-state index in [1.165, 1.54) is 0 Å². The first-order chi connectivity index (χ1) is 12.1. The molecule has 0 aromatic carbocycles. The summed E-state index contributed by atoms with van der Waals surface area (Å²) in [5.41, 5.74) is 1.67. The Morgan fingerprint density at radius 2 is 1.72 bits per heavy atom. The van der Waals surface area contributed by atoms with E-state index in [1.807, 2.05) is 10.7 Å². The molecule has 25 heavy (non-hydrogen) atoms. The van der Waals surface area contributed by atoms with Crippen LogP contribution in [0.2, 0.25) is 0 Å². The first kappa shape index (κ1) is 16.4. The molecule has 8 heteroatoms. The van der Waals surface area contributed by atoms with Crippen LogP contribution < -0.4 is 0 Å². The van der Waals surface area contributed by atoms with Crippen LogP contribution in [0.15, 0.2) is 27.3 Å². The highest BCUT2D eigenvalue weighted by Gasteiger charge is 2.28. The standard InChI is InChI=1S/C17H19BrN4O3/c18-15-5-4-14(25-15)17(24)21-9-7-20(8-10-21)16(23)13-11-12-3-1-2-6-22(12)19-13/h4-5,11H,1-3,6-10H2. The minimum absolute atomic E-state index is 0.0465. The summed E-state index contributed by atoms with van der Waals surface area (Å²) in [6.07, 6.45) is 3.26. The van der Waals surface area contributed by atoms with Crippen LogP contribution in [0.3, 0.4) is 0 Å². The maximum atomic E-state index is 12.7. The van der Waals surface area contributed by atoms with Crippen molar-refractivity contribution in [1.29, 1.82) is 0 Å². The summed E-state index contributed by atoms with van der Waals surface area (Å²) < 4.78 is 7.81. The summed E-state index contributed by atoms with van der Waals surface area (Å²) in [4.78, 5) is 28.6. The van der Waals surface area contributed by atoms with Gasteiger partial charge in [0.1, 0.15) is 0 Å². The highest BCUT2D eigenvalue weighted by atomic mass is 79.9. The number of hydrogen-bond donors (Lipinski definition) is 0. The highest BCUT2D eigenvalue weighted by Crippen LogP contribution is 2.19. The summed E-state index contributed by atoms with van der Waals surface area (Å²) in [5, 5.41) is 4.46. The SMILES string of the molecule is O=C(c1cc2n(n1)CCCC2)N1CCN(C(=O)c2ccc(Br)o2)CC1. The second-order valence-electron chi connectivity index (χ2n) is 6.39. The van der Waals surface area contributed by atoms with E-state index in [9.17, 15) is 9.59 Å². The molecule has 0 unspecified atom stereocenters. The molecule has 132 valence electrons. The number of fused-ring (bicyclic) bond motifs is 1. The predicted octanol–water partition coefficient (Wildman–Crippen LogP) is 2.17. The van der Waals surface area contributed by atoms with Crippen molar-refractivity contribution in [1.82, 2.24) is 19.6 Å². The quantitative estimate of drug-likeness (QED) is 0.765. The van der Waals surface area contributed by atoms with Crippen LogP contribution in [0.4, 0.5) is 0 Å². The molecule has 0 radical (unpaired) electrons. The number of nitrogens with zero attached hydrogens (tertiary/aromatic N) is 4. The van der Waals surface area contributed by atoms with E-state index < -0.39 is 0 Å². The second kappa shape index (κ2) is 6.67. The van der Waals surface area contributed by atoms with Crippen molar-refractivity contribution in [3.05, 3.63) is 40.0 Å². The molecule has 2 aliphatic heterocycles. The van der Waals surface area contributed by atoms with Gasteiger partial charge in [-0.1, -0.05) is 0 Å². The smallest absolute Gasteiger partial charge is 0.289 e. The Bertz CT molecular complexity index is 781. The van der Waals surface area contributed by atoms with Gasteiger partial charge in [0.05, 0.1) is 0 Å². The fourth-order valence-electron chi connectivity index (χ4n) is 3.38. The third-order valence-corrected chi connectivity index (χ3v) is 5.20. The number of aryl methyl sites for hydroxylation is 2. The van der Waals surface area contributed by atoms with Crippen molar-refractivity contribution >= 4 is 27.7 Å². The maximum absolute atomic E-state index is 12.7. The average Bonchev–Trinajstić information content (AvgIpc) is 3.26. The average molecular weight is 407 g/mol. The number of rotatable bonds is 2.